The van der Waals surface area contributed by atoms with E-state index in [0.717, 1.165) is 11.1 Å². The largest absolute Gasteiger partial charge is 0.339 e. The van der Waals surface area contributed by atoms with Gasteiger partial charge in [0.1, 0.15) is 0 Å². The zero-order valence-electron chi connectivity index (χ0n) is 15.5. The number of nitrogens with zero attached hydrogens (tertiary/aromatic N) is 5. The average Bonchev–Trinajstić information content (AvgIpc) is 3.11. The summed E-state index contributed by atoms with van der Waals surface area (Å²) in [6, 6.07) is 5.44. The van der Waals surface area contributed by atoms with Gasteiger partial charge in [-0.2, -0.15) is 4.80 Å². The number of carbonyl (C=O) groups excluding carboxylic acids is 2. The van der Waals surface area contributed by atoms with Crippen LogP contribution < -0.4 is 11.3 Å². The summed E-state index contributed by atoms with van der Waals surface area (Å²) in [6.07, 6.45) is 4.50. The van der Waals surface area contributed by atoms with E-state index in [9.17, 15) is 9.59 Å². The Morgan fingerprint density at radius 2 is 2.11 bits per heavy atom. The topological polar surface area (TPSA) is 119 Å². The number of benzene rings is 1. The smallest absolute Gasteiger partial charge is 0.246 e. The first-order chi connectivity index (χ1) is 13.5. The van der Waals surface area contributed by atoms with E-state index >= 15 is 0 Å². The summed E-state index contributed by atoms with van der Waals surface area (Å²) in [6.45, 7) is 3.21. The van der Waals surface area contributed by atoms with Gasteiger partial charge in [0.25, 0.3) is 0 Å². The van der Waals surface area contributed by atoms with Gasteiger partial charge in [-0.1, -0.05) is 17.7 Å². The minimum absolute atomic E-state index is 0.0952. The second-order valence-electron chi connectivity index (χ2n) is 6.65. The summed E-state index contributed by atoms with van der Waals surface area (Å²) < 4.78 is 0. The fourth-order valence-corrected chi connectivity index (χ4v) is 3.36. The molecule has 1 saturated heterocycles. The van der Waals surface area contributed by atoms with Crippen LogP contribution in [-0.2, 0) is 16.1 Å². The molecule has 0 aliphatic carbocycles. The van der Waals surface area contributed by atoms with Gasteiger partial charge in [-0.05, 0) is 54.3 Å². The number of aromatic nitrogens is 4. The predicted molar refractivity (Wildman–Crippen MR) is 104 cm³/mol. The summed E-state index contributed by atoms with van der Waals surface area (Å²) in [7, 11) is 0. The van der Waals surface area contributed by atoms with E-state index in [0.29, 0.717) is 43.3 Å². The lowest BCUT2D eigenvalue weighted by molar-refractivity contribution is -0.132. The molecule has 1 aliphatic heterocycles. The van der Waals surface area contributed by atoms with Crippen molar-refractivity contribution in [1.29, 1.82) is 0 Å². The van der Waals surface area contributed by atoms with Gasteiger partial charge in [0.05, 0.1) is 6.54 Å². The third-order valence-electron chi connectivity index (χ3n) is 4.69. The Kier molecular flexibility index (Phi) is 6.37. The van der Waals surface area contributed by atoms with Gasteiger partial charge >= 0.3 is 0 Å². The molecule has 3 N–H and O–H groups in total. The molecule has 2 heterocycles. The predicted octanol–water partition coefficient (Wildman–Crippen LogP) is 0.925. The molecular weight excluding hydrogens is 382 g/mol. The number of halogens is 1. The molecule has 0 saturated carbocycles. The van der Waals surface area contributed by atoms with Crippen LogP contribution in [0, 0.1) is 12.8 Å². The lowest BCUT2D eigenvalue weighted by Crippen LogP contribution is -2.44. The third kappa shape index (κ3) is 4.93. The number of aryl methyl sites for hydroxylation is 1. The summed E-state index contributed by atoms with van der Waals surface area (Å²) in [5.41, 5.74) is 3.91. The zero-order chi connectivity index (χ0) is 20.1. The number of hydrogen-bond acceptors (Lipinski definition) is 6. The number of nitrogens with one attached hydrogen (secondary N) is 1. The van der Waals surface area contributed by atoms with Crippen LogP contribution in [0.25, 0.3) is 6.08 Å². The molecule has 1 aromatic carbocycles. The van der Waals surface area contributed by atoms with Crippen molar-refractivity contribution in [3.05, 3.63) is 46.2 Å². The molecule has 0 bridgehead atoms. The molecule has 148 valence electrons. The molecule has 1 aliphatic rings. The zero-order valence-corrected chi connectivity index (χ0v) is 16.3. The van der Waals surface area contributed by atoms with Crippen LogP contribution in [0.5, 0.6) is 0 Å². The molecule has 2 aromatic rings. The number of piperidine rings is 1. The molecule has 1 aromatic heterocycles. The maximum absolute atomic E-state index is 12.5. The first kappa shape index (κ1) is 20.0. The van der Waals surface area contributed by atoms with Crippen molar-refractivity contribution in [2.75, 3.05) is 13.1 Å². The molecule has 0 spiro atoms. The maximum Gasteiger partial charge on any atom is 0.246 e. The van der Waals surface area contributed by atoms with Gasteiger partial charge in [-0.3, -0.25) is 15.0 Å². The number of rotatable bonds is 5. The molecule has 10 heteroatoms. The minimum Gasteiger partial charge on any atom is -0.339 e. The van der Waals surface area contributed by atoms with Crippen LogP contribution in [0.2, 0.25) is 5.02 Å². The van der Waals surface area contributed by atoms with E-state index in [1.54, 1.807) is 24.0 Å². The molecule has 0 unspecified atom stereocenters. The normalized spacial score (nSPS) is 15.2. The highest BCUT2D eigenvalue weighted by molar-refractivity contribution is 6.30. The van der Waals surface area contributed by atoms with Crippen LogP contribution in [0.4, 0.5) is 0 Å². The molecule has 0 radical (unpaired) electrons. The first-order valence-electron chi connectivity index (χ1n) is 8.96. The highest BCUT2D eigenvalue weighted by Gasteiger charge is 2.25. The van der Waals surface area contributed by atoms with Crippen LogP contribution in [-0.4, -0.2) is 50.0 Å². The Labute approximate surface area is 167 Å². The standard InChI is InChI=1S/C18H22ClN7O2/c1-12-22-24-26(23-12)11-15-10-16(19)4-2-13(15)3-5-17(27)25-8-6-14(7-9-25)18(28)21-20/h2-5,10,14H,6-9,11,20H2,1H3,(H,21,28). The van der Waals surface area contributed by atoms with Crippen LogP contribution in [0.3, 0.4) is 0 Å². The van der Waals surface area contributed by atoms with Crippen molar-refractivity contribution in [3.8, 4) is 0 Å². The van der Waals surface area contributed by atoms with Gasteiger partial charge < -0.3 is 4.90 Å². The summed E-state index contributed by atoms with van der Waals surface area (Å²) in [4.78, 5) is 27.3. The van der Waals surface area contributed by atoms with Crippen molar-refractivity contribution in [2.24, 2.45) is 11.8 Å². The number of hydrogen-bond donors (Lipinski definition) is 2. The monoisotopic (exact) mass is 403 g/mol. The molecule has 9 nitrogen and oxygen atoms in total. The lowest BCUT2D eigenvalue weighted by Gasteiger charge is -2.30. The van der Waals surface area contributed by atoms with Crippen molar-refractivity contribution >= 4 is 29.5 Å². The van der Waals surface area contributed by atoms with Crippen molar-refractivity contribution in [2.45, 2.75) is 26.3 Å². The Hall–Kier alpha value is -2.78. The highest BCUT2D eigenvalue weighted by atomic mass is 35.5. The van der Waals surface area contributed by atoms with E-state index in [-0.39, 0.29) is 17.7 Å². The molecule has 1 fully saturated rings. The van der Waals surface area contributed by atoms with Crippen LogP contribution in [0.1, 0.15) is 29.8 Å². The molecule has 0 atom stereocenters. The summed E-state index contributed by atoms with van der Waals surface area (Å²) >= 11 is 6.12. The van der Waals surface area contributed by atoms with Crippen molar-refractivity contribution in [1.82, 2.24) is 30.5 Å². The Morgan fingerprint density at radius 1 is 1.36 bits per heavy atom. The quantitative estimate of drug-likeness (QED) is 0.331. The third-order valence-corrected chi connectivity index (χ3v) is 4.93. The minimum atomic E-state index is -0.176. The molecule has 28 heavy (non-hydrogen) atoms. The van der Waals surface area contributed by atoms with E-state index in [1.165, 1.54) is 10.9 Å². The Bertz CT molecular complexity index is 888. The van der Waals surface area contributed by atoms with Gasteiger partial charge in [0, 0.05) is 30.1 Å². The average molecular weight is 404 g/mol. The molecule has 3 rings (SSSR count). The van der Waals surface area contributed by atoms with Gasteiger partial charge in [-0.15, -0.1) is 10.2 Å². The number of hydrazine groups is 1. The fourth-order valence-electron chi connectivity index (χ4n) is 3.16. The number of nitrogens with two attached hydrogens (primary N) is 1. The fraction of sp³-hybridized carbons (Fsp3) is 0.389. The first-order valence-corrected chi connectivity index (χ1v) is 9.34. The second-order valence-corrected chi connectivity index (χ2v) is 7.09. The number of likely N-dealkylation sites (tertiary alicyclic amines) is 1. The summed E-state index contributed by atoms with van der Waals surface area (Å²) in [5, 5.41) is 12.6. The van der Waals surface area contributed by atoms with Crippen LogP contribution >= 0.6 is 11.6 Å². The Morgan fingerprint density at radius 3 is 2.75 bits per heavy atom. The van der Waals surface area contributed by atoms with E-state index in [4.69, 9.17) is 17.4 Å². The molecule has 2 amide bonds. The molecular formula is C18H22ClN7O2. The number of carbonyl (C=O) groups is 2. The van der Waals surface area contributed by atoms with Gasteiger partial charge in [0.15, 0.2) is 5.82 Å². The maximum atomic E-state index is 12.5. The highest BCUT2D eigenvalue weighted by Crippen LogP contribution is 2.20. The lowest BCUT2D eigenvalue weighted by atomic mass is 9.96. The second kappa shape index (κ2) is 8.94. The van der Waals surface area contributed by atoms with Crippen molar-refractivity contribution in [3.63, 3.8) is 0 Å². The SMILES string of the molecule is Cc1nnn(Cc2cc(Cl)ccc2C=CC(=O)N2CCC(C(=O)NN)CC2)n1. The van der Waals surface area contributed by atoms with Crippen LogP contribution in [0.15, 0.2) is 24.3 Å². The van der Waals surface area contributed by atoms with Crippen molar-refractivity contribution < 1.29 is 9.59 Å². The number of amides is 2. The van der Waals surface area contributed by atoms with E-state index < -0.39 is 0 Å². The van der Waals surface area contributed by atoms with Gasteiger partial charge in [-0.25, -0.2) is 5.84 Å². The number of tetrazole rings is 1. The van der Waals surface area contributed by atoms with E-state index in [1.807, 2.05) is 12.1 Å². The summed E-state index contributed by atoms with van der Waals surface area (Å²) in [5.74, 6) is 5.35. The van der Waals surface area contributed by atoms with Gasteiger partial charge in [0.2, 0.25) is 11.8 Å². The Balaban J connectivity index is 1.67. The van der Waals surface area contributed by atoms with E-state index in [2.05, 4.69) is 20.8 Å².